The molecule has 3 atom stereocenters. The van der Waals surface area contributed by atoms with Crippen LogP contribution in [-0.2, 0) is 10.2 Å². The standard InChI is InChI=1S/C27H35FN4O4.C2H6/c1-15-7-8-16(2)32(15)24(34)18-9-10-19(20(28)13-18)17(3)29-25(35)27(11-12-27)30-23(33)21-14-22(36-31-21)26(4,5)6;1-2/h9-10,13-17H,7-8,11-12H2,1-6H3,(H,29,35)(H,30,33);1-2H3. The van der Waals surface area contributed by atoms with Crippen molar-refractivity contribution in [3.05, 3.63) is 52.7 Å². The monoisotopic (exact) mass is 528 g/mol. The normalized spacial score (nSPS) is 20.7. The van der Waals surface area contributed by atoms with Gasteiger partial charge in [-0.05, 0) is 58.6 Å². The maximum atomic E-state index is 15.0. The summed E-state index contributed by atoms with van der Waals surface area (Å²) in [6.45, 7) is 15.5. The van der Waals surface area contributed by atoms with Gasteiger partial charge in [-0.1, -0.05) is 45.8 Å². The van der Waals surface area contributed by atoms with Crippen LogP contribution in [0.3, 0.4) is 0 Å². The zero-order valence-corrected chi connectivity index (χ0v) is 23.8. The van der Waals surface area contributed by atoms with Crippen molar-refractivity contribution in [3.63, 3.8) is 0 Å². The van der Waals surface area contributed by atoms with Crippen LogP contribution in [0.5, 0.6) is 0 Å². The summed E-state index contributed by atoms with van der Waals surface area (Å²) in [5, 5.41) is 9.41. The van der Waals surface area contributed by atoms with Crippen LogP contribution >= 0.6 is 0 Å². The number of nitrogens with zero attached hydrogens (tertiary/aromatic N) is 2. The molecule has 38 heavy (non-hydrogen) atoms. The molecule has 0 radical (unpaired) electrons. The summed E-state index contributed by atoms with van der Waals surface area (Å²) < 4.78 is 20.3. The molecule has 2 heterocycles. The van der Waals surface area contributed by atoms with E-state index in [1.165, 1.54) is 6.07 Å². The molecule has 1 aromatic carbocycles. The van der Waals surface area contributed by atoms with Gasteiger partial charge in [0.2, 0.25) is 5.91 Å². The Labute approximate surface area is 224 Å². The Morgan fingerprint density at radius 3 is 2.21 bits per heavy atom. The highest BCUT2D eigenvalue weighted by molar-refractivity contribution is 5.99. The van der Waals surface area contributed by atoms with Crippen LogP contribution in [0, 0.1) is 5.82 Å². The van der Waals surface area contributed by atoms with E-state index in [1.807, 2.05) is 48.5 Å². The molecule has 0 bridgehead atoms. The maximum Gasteiger partial charge on any atom is 0.274 e. The van der Waals surface area contributed by atoms with E-state index in [2.05, 4.69) is 15.8 Å². The van der Waals surface area contributed by atoms with Gasteiger partial charge in [0.05, 0.1) is 6.04 Å². The first-order valence-electron chi connectivity index (χ1n) is 13.6. The minimum Gasteiger partial charge on any atom is -0.360 e. The van der Waals surface area contributed by atoms with Crippen LogP contribution in [0.25, 0.3) is 0 Å². The van der Waals surface area contributed by atoms with Crippen LogP contribution in [0.4, 0.5) is 4.39 Å². The lowest BCUT2D eigenvalue weighted by atomic mass is 9.93. The largest absolute Gasteiger partial charge is 0.360 e. The van der Waals surface area contributed by atoms with Gasteiger partial charge in [-0.3, -0.25) is 14.4 Å². The highest BCUT2D eigenvalue weighted by atomic mass is 19.1. The molecule has 0 spiro atoms. The molecule has 2 N–H and O–H groups in total. The summed E-state index contributed by atoms with van der Waals surface area (Å²) in [6, 6.07) is 5.55. The molecule has 1 saturated heterocycles. The van der Waals surface area contributed by atoms with Gasteiger partial charge < -0.3 is 20.1 Å². The Kier molecular flexibility index (Phi) is 8.68. The fraction of sp³-hybridized carbons (Fsp3) is 0.586. The molecular weight excluding hydrogens is 487 g/mol. The molecule has 1 aliphatic carbocycles. The van der Waals surface area contributed by atoms with Crippen molar-refractivity contribution in [1.29, 1.82) is 0 Å². The number of rotatable bonds is 6. The first-order chi connectivity index (χ1) is 17.8. The molecule has 208 valence electrons. The lowest BCUT2D eigenvalue weighted by Gasteiger charge is -2.26. The molecule has 2 fully saturated rings. The summed E-state index contributed by atoms with van der Waals surface area (Å²) in [6.07, 6.45) is 2.82. The van der Waals surface area contributed by atoms with Crippen molar-refractivity contribution in [2.75, 3.05) is 0 Å². The summed E-state index contributed by atoms with van der Waals surface area (Å²) in [7, 11) is 0. The van der Waals surface area contributed by atoms with Crippen LogP contribution in [0.2, 0.25) is 0 Å². The van der Waals surface area contributed by atoms with Crippen molar-refractivity contribution in [2.24, 2.45) is 0 Å². The molecule has 1 aliphatic heterocycles. The quantitative estimate of drug-likeness (QED) is 0.530. The third-order valence-corrected chi connectivity index (χ3v) is 7.27. The van der Waals surface area contributed by atoms with Gasteiger partial charge in [-0.2, -0.15) is 0 Å². The Hall–Kier alpha value is -3.23. The fourth-order valence-electron chi connectivity index (χ4n) is 4.72. The highest BCUT2D eigenvalue weighted by Crippen LogP contribution is 2.37. The van der Waals surface area contributed by atoms with E-state index in [-0.39, 0.29) is 40.6 Å². The number of hydrogen-bond donors (Lipinski definition) is 2. The number of carbonyl (C=O) groups excluding carboxylic acids is 3. The second-order valence-corrected chi connectivity index (χ2v) is 11.3. The summed E-state index contributed by atoms with van der Waals surface area (Å²) in [4.78, 5) is 40.5. The van der Waals surface area contributed by atoms with Crippen molar-refractivity contribution >= 4 is 17.7 Å². The van der Waals surface area contributed by atoms with E-state index in [4.69, 9.17) is 4.52 Å². The average molecular weight is 529 g/mol. The minimum absolute atomic E-state index is 0.111. The van der Waals surface area contributed by atoms with Gasteiger partial charge >= 0.3 is 0 Å². The van der Waals surface area contributed by atoms with Crippen molar-refractivity contribution in [2.45, 2.75) is 110 Å². The topological polar surface area (TPSA) is 105 Å². The van der Waals surface area contributed by atoms with Gasteiger partial charge in [-0.15, -0.1) is 0 Å². The van der Waals surface area contributed by atoms with Gasteiger partial charge in [-0.25, -0.2) is 4.39 Å². The summed E-state index contributed by atoms with van der Waals surface area (Å²) in [5.41, 5.74) is -0.676. The van der Waals surface area contributed by atoms with E-state index in [0.717, 1.165) is 12.8 Å². The van der Waals surface area contributed by atoms with E-state index < -0.39 is 23.3 Å². The van der Waals surface area contributed by atoms with E-state index in [0.29, 0.717) is 24.2 Å². The Balaban J connectivity index is 0.00000195. The first-order valence-corrected chi connectivity index (χ1v) is 13.6. The Morgan fingerprint density at radius 1 is 1.11 bits per heavy atom. The summed E-state index contributed by atoms with van der Waals surface area (Å²) in [5.74, 6) is -1.05. The average Bonchev–Trinajstić information content (AvgIpc) is 3.31. The molecule has 3 amide bonds. The van der Waals surface area contributed by atoms with E-state index in [9.17, 15) is 14.4 Å². The first kappa shape index (κ1) is 29.3. The highest BCUT2D eigenvalue weighted by Gasteiger charge is 2.52. The molecule has 3 unspecified atom stereocenters. The zero-order valence-electron chi connectivity index (χ0n) is 23.8. The van der Waals surface area contributed by atoms with E-state index >= 15 is 4.39 Å². The predicted molar refractivity (Wildman–Crippen MR) is 143 cm³/mol. The molecule has 2 aromatic rings. The lowest BCUT2D eigenvalue weighted by molar-refractivity contribution is -0.124. The van der Waals surface area contributed by atoms with Gasteiger partial charge in [0, 0.05) is 34.7 Å². The van der Waals surface area contributed by atoms with Crippen LogP contribution in [-0.4, -0.2) is 45.4 Å². The van der Waals surface area contributed by atoms with Crippen molar-refractivity contribution in [1.82, 2.24) is 20.7 Å². The molecule has 9 heteroatoms. The van der Waals surface area contributed by atoms with Gasteiger partial charge in [0.25, 0.3) is 11.8 Å². The smallest absolute Gasteiger partial charge is 0.274 e. The minimum atomic E-state index is -1.05. The van der Waals surface area contributed by atoms with Gasteiger partial charge in [0.1, 0.15) is 17.1 Å². The van der Waals surface area contributed by atoms with Crippen molar-refractivity contribution in [3.8, 4) is 0 Å². The molecular formula is C29H41FN4O4. The number of halogens is 1. The third kappa shape index (κ3) is 6.08. The SMILES string of the molecule is CC.CC(NC(=O)C1(NC(=O)c2cc(C(C)(C)C)on2)CC1)c1ccc(C(=O)N2C(C)CCC2C)cc1F. The van der Waals surface area contributed by atoms with Crippen molar-refractivity contribution < 1.29 is 23.3 Å². The number of carbonyl (C=O) groups is 3. The molecule has 1 saturated carbocycles. The van der Waals surface area contributed by atoms with Crippen LogP contribution in [0.1, 0.15) is 119 Å². The number of nitrogens with one attached hydrogen (secondary N) is 2. The fourth-order valence-corrected chi connectivity index (χ4v) is 4.72. The maximum absolute atomic E-state index is 15.0. The zero-order chi connectivity index (χ0) is 28.4. The number of hydrogen-bond acceptors (Lipinski definition) is 5. The van der Waals surface area contributed by atoms with Gasteiger partial charge in [0.15, 0.2) is 5.69 Å². The predicted octanol–water partition coefficient (Wildman–Crippen LogP) is 5.29. The Bertz CT molecular complexity index is 1170. The molecule has 2 aliphatic rings. The van der Waals surface area contributed by atoms with Crippen LogP contribution < -0.4 is 10.6 Å². The molecule has 8 nitrogen and oxygen atoms in total. The second-order valence-electron chi connectivity index (χ2n) is 11.3. The number of aromatic nitrogens is 1. The number of benzene rings is 1. The molecule has 1 aromatic heterocycles. The second kappa shape index (κ2) is 11.3. The lowest BCUT2D eigenvalue weighted by Crippen LogP contribution is -2.49. The summed E-state index contributed by atoms with van der Waals surface area (Å²) >= 11 is 0. The number of amides is 3. The van der Waals surface area contributed by atoms with E-state index in [1.54, 1.807) is 30.0 Å². The molecule has 4 rings (SSSR count). The number of likely N-dealkylation sites (tertiary alicyclic amines) is 1. The third-order valence-electron chi connectivity index (χ3n) is 7.27. The Morgan fingerprint density at radius 2 is 1.71 bits per heavy atom. The van der Waals surface area contributed by atoms with Crippen LogP contribution in [0.15, 0.2) is 28.8 Å².